The number of anilines is 2. The Morgan fingerprint density at radius 3 is 2.57 bits per heavy atom. The number of benzene rings is 2. The van der Waals surface area contributed by atoms with Gasteiger partial charge in [-0.25, -0.2) is 0 Å². The van der Waals surface area contributed by atoms with Gasteiger partial charge < -0.3 is 15.3 Å². The Morgan fingerprint density at radius 1 is 1.05 bits per heavy atom. The molecule has 0 radical (unpaired) electrons. The molecular formula is C16H14N2O3. The second kappa shape index (κ2) is 5.28. The lowest BCUT2D eigenvalue weighted by Crippen LogP contribution is -2.38. The molecule has 106 valence electrons. The van der Waals surface area contributed by atoms with Crippen LogP contribution in [0.25, 0.3) is 0 Å². The maximum absolute atomic E-state index is 12.3. The Labute approximate surface area is 121 Å². The molecule has 0 bridgehead atoms. The van der Waals surface area contributed by atoms with Crippen molar-refractivity contribution in [2.24, 2.45) is 0 Å². The third-order valence-electron chi connectivity index (χ3n) is 3.48. The fourth-order valence-electron chi connectivity index (χ4n) is 2.43. The normalized spacial score (nSPS) is 12.9. The smallest absolute Gasteiger partial charge is 0.316 e. The number of nitrogens with zero attached hydrogens (tertiary/aromatic N) is 1. The summed E-state index contributed by atoms with van der Waals surface area (Å²) in [5.41, 5.74) is 2.06. The summed E-state index contributed by atoms with van der Waals surface area (Å²) in [4.78, 5) is 25.8. The number of nitrogens with one attached hydrogen (secondary N) is 1. The highest BCUT2D eigenvalue weighted by Gasteiger charge is 2.29. The molecule has 2 aromatic carbocycles. The summed E-state index contributed by atoms with van der Waals surface area (Å²) in [6, 6.07) is 13.8. The first kappa shape index (κ1) is 13.2. The average Bonchev–Trinajstić information content (AvgIpc) is 2.92. The Hall–Kier alpha value is -2.82. The van der Waals surface area contributed by atoms with Gasteiger partial charge in [0.15, 0.2) is 0 Å². The molecule has 5 heteroatoms. The van der Waals surface area contributed by atoms with Crippen LogP contribution >= 0.6 is 0 Å². The van der Waals surface area contributed by atoms with E-state index in [4.69, 9.17) is 0 Å². The fraction of sp³-hybridized carbons (Fsp3) is 0.125. The van der Waals surface area contributed by atoms with Gasteiger partial charge in [0.1, 0.15) is 5.75 Å². The number of rotatable bonds is 1. The monoisotopic (exact) mass is 282 g/mol. The molecule has 0 unspecified atom stereocenters. The standard InChI is InChI=1S/C16H14N2O3/c19-14-8-4-2-6-12(14)17-15(20)16(21)18-10-9-11-5-1-3-7-13(11)18/h1-8,19H,9-10H2,(H,17,20). The Kier molecular flexibility index (Phi) is 3.31. The average molecular weight is 282 g/mol. The molecule has 2 N–H and O–H groups in total. The van der Waals surface area contributed by atoms with E-state index in [1.165, 1.54) is 11.0 Å². The number of amides is 2. The molecule has 0 spiro atoms. The van der Waals surface area contributed by atoms with Gasteiger partial charge in [-0.1, -0.05) is 30.3 Å². The molecule has 1 heterocycles. The molecule has 21 heavy (non-hydrogen) atoms. The Balaban J connectivity index is 1.78. The quantitative estimate of drug-likeness (QED) is 0.620. The second-order valence-electron chi connectivity index (χ2n) is 4.81. The van der Waals surface area contributed by atoms with Crippen LogP contribution in [0.15, 0.2) is 48.5 Å². The topological polar surface area (TPSA) is 69.6 Å². The largest absolute Gasteiger partial charge is 0.506 e. The molecule has 2 amide bonds. The van der Waals surface area contributed by atoms with E-state index in [2.05, 4.69) is 5.32 Å². The molecule has 0 saturated carbocycles. The van der Waals surface area contributed by atoms with Gasteiger partial charge in [0.2, 0.25) is 0 Å². The molecule has 5 nitrogen and oxygen atoms in total. The van der Waals surface area contributed by atoms with Crippen molar-refractivity contribution in [3.8, 4) is 5.75 Å². The molecule has 0 aliphatic carbocycles. The SMILES string of the molecule is O=C(Nc1ccccc1O)C(=O)N1CCc2ccccc21. The number of carbonyl (C=O) groups excluding carboxylic acids is 2. The molecule has 0 aromatic heterocycles. The maximum Gasteiger partial charge on any atom is 0.316 e. The number of para-hydroxylation sites is 3. The van der Waals surface area contributed by atoms with Crippen molar-refractivity contribution in [3.63, 3.8) is 0 Å². The second-order valence-corrected chi connectivity index (χ2v) is 4.81. The van der Waals surface area contributed by atoms with Crippen LogP contribution in [0.2, 0.25) is 0 Å². The minimum absolute atomic E-state index is 0.0690. The first-order valence-electron chi connectivity index (χ1n) is 6.65. The van der Waals surface area contributed by atoms with E-state index < -0.39 is 11.8 Å². The van der Waals surface area contributed by atoms with E-state index in [0.717, 1.165) is 17.7 Å². The van der Waals surface area contributed by atoms with Crippen LogP contribution in [0.3, 0.4) is 0 Å². The number of carbonyl (C=O) groups is 2. The Bertz CT molecular complexity index is 712. The molecule has 1 aliphatic heterocycles. The van der Waals surface area contributed by atoms with Gasteiger partial charge in [-0.2, -0.15) is 0 Å². The van der Waals surface area contributed by atoms with Crippen molar-refractivity contribution in [1.29, 1.82) is 0 Å². The van der Waals surface area contributed by atoms with Crippen LogP contribution in [-0.2, 0) is 16.0 Å². The summed E-state index contributed by atoms with van der Waals surface area (Å²) in [5, 5.41) is 12.1. The fourth-order valence-corrected chi connectivity index (χ4v) is 2.43. The highest BCUT2D eigenvalue weighted by atomic mass is 16.3. The van der Waals surface area contributed by atoms with Gasteiger partial charge in [-0.15, -0.1) is 0 Å². The van der Waals surface area contributed by atoms with Crippen LogP contribution in [-0.4, -0.2) is 23.5 Å². The number of hydrogen-bond donors (Lipinski definition) is 2. The van der Waals surface area contributed by atoms with Crippen molar-refractivity contribution in [1.82, 2.24) is 0 Å². The lowest BCUT2D eigenvalue weighted by atomic mass is 10.2. The van der Waals surface area contributed by atoms with Gasteiger partial charge in [0, 0.05) is 12.2 Å². The van der Waals surface area contributed by atoms with E-state index in [-0.39, 0.29) is 11.4 Å². The summed E-state index contributed by atoms with van der Waals surface area (Å²) in [6.45, 7) is 0.492. The maximum atomic E-state index is 12.3. The van der Waals surface area contributed by atoms with Gasteiger partial charge >= 0.3 is 11.8 Å². The van der Waals surface area contributed by atoms with Crippen molar-refractivity contribution in [2.75, 3.05) is 16.8 Å². The highest BCUT2D eigenvalue weighted by molar-refractivity contribution is 6.44. The predicted octanol–water partition coefficient (Wildman–Crippen LogP) is 1.92. The first-order chi connectivity index (χ1) is 10.2. The number of hydrogen-bond acceptors (Lipinski definition) is 3. The van der Waals surface area contributed by atoms with Crippen LogP contribution in [0.4, 0.5) is 11.4 Å². The lowest BCUT2D eigenvalue weighted by Gasteiger charge is -2.16. The number of aromatic hydroxyl groups is 1. The summed E-state index contributed by atoms with van der Waals surface area (Å²) in [5.74, 6) is -1.45. The number of phenols is 1. The number of fused-ring (bicyclic) bond motifs is 1. The number of phenolic OH excluding ortho intramolecular Hbond substituents is 1. The van der Waals surface area contributed by atoms with Crippen LogP contribution in [0, 0.1) is 0 Å². The third-order valence-corrected chi connectivity index (χ3v) is 3.48. The molecule has 2 aromatic rings. The van der Waals surface area contributed by atoms with Gasteiger partial charge in [0.25, 0.3) is 0 Å². The van der Waals surface area contributed by atoms with E-state index in [0.29, 0.717) is 6.54 Å². The molecular weight excluding hydrogens is 268 g/mol. The zero-order valence-electron chi connectivity index (χ0n) is 11.2. The van der Waals surface area contributed by atoms with Crippen LogP contribution in [0.1, 0.15) is 5.56 Å². The molecule has 1 aliphatic rings. The van der Waals surface area contributed by atoms with Crippen LogP contribution in [0.5, 0.6) is 5.75 Å². The van der Waals surface area contributed by atoms with Gasteiger partial charge in [-0.3, -0.25) is 9.59 Å². The van der Waals surface area contributed by atoms with Gasteiger partial charge in [-0.05, 0) is 30.2 Å². The summed E-state index contributed by atoms with van der Waals surface area (Å²) in [7, 11) is 0. The highest BCUT2D eigenvalue weighted by Crippen LogP contribution is 2.28. The lowest BCUT2D eigenvalue weighted by molar-refractivity contribution is -0.134. The summed E-state index contributed by atoms with van der Waals surface area (Å²) >= 11 is 0. The minimum atomic E-state index is -0.756. The molecule has 0 saturated heterocycles. The van der Waals surface area contributed by atoms with E-state index in [1.54, 1.807) is 18.2 Å². The molecule has 0 fully saturated rings. The first-order valence-corrected chi connectivity index (χ1v) is 6.65. The van der Waals surface area contributed by atoms with Crippen molar-refractivity contribution in [3.05, 3.63) is 54.1 Å². The zero-order valence-corrected chi connectivity index (χ0v) is 11.2. The Morgan fingerprint density at radius 2 is 1.76 bits per heavy atom. The van der Waals surface area contributed by atoms with E-state index in [9.17, 15) is 14.7 Å². The summed E-state index contributed by atoms with van der Waals surface area (Å²) < 4.78 is 0. The zero-order chi connectivity index (χ0) is 14.8. The van der Waals surface area contributed by atoms with Gasteiger partial charge in [0.05, 0.1) is 5.69 Å². The molecule has 3 rings (SSSR count). The van der Waals surface area contributed by atoms with Crippen molar-refractivity contribution < 1.29 is 14.7 Å². The van der Waals surface area contributed by atoms with E-state index in [1.807, 2.05) is 24.3 Å². The minimum Gasteiger partial charge on any atom is -0.506 e. The van der Waals surface area contributed by atoms with Crippen molar-refractivity contribution >= 4 is 23.2 Å². The summed E-state index contributed by atoms with van der Waals surface area (Å²) in [6.07, 6.45) is 0.742. The van der Waals surface area contributed by atoms with Crippen LogP contribution < -0.4 is 10.2 Å². The predicted molar refractivity (Wildman–Crippen MR) is 79.2 cm³/mol. The third kappa shape index (κ3) is 2.45. The van der Waals surface area contributed by atoms with Crippen molar-refractivity contribution in [2.45, 2.75) is 6.42 Å². The van der Waals surface area contributed by atoms with E-state index >= 15 is 0 Å². The molecule has 0 atom stereocenters.